The number of H-pyrrole nitrogens is 1. The number of aliphatic hydroxyl groups excluding tert-OH is 1. The maximum absolute atomic E-state index is 12.9. The molecule has 6 nitrogen and oxygen atoms in total. The second kappa shape index (κ2) is 6.89. The predicted molar refractivity (Wildman–Crippen MR) is 101 cm³/mol. The molecule has 0 bridgehead atoms. The van der Waals surface area contributed by atoms with Gasteiger partial charge < -0.3 is 15.1 Å². The van der Waals surface area contributed by atoms with Gasteiger partial charge in [-0.2, -0.15) is 5.10 Å². The van der Waals surface area contributed by atoms with Gasteiger partial charge in [0.05, 0.1) is 12.6 Å². The highest BCUT2D eigenvalue weighted by atomic mass is 16.3. The fourth-order valence-electron chi connectivity index (χ4n) is 3.70. The molecule has 0 radical (unpaired) electrons. The first-order chi connectivity index (χ1) is 13.2. The van der Waals surface area contributed by atoms with E-state index in [4.69, 9.17) is 0 Å². The third-order valence-electron chi connectivity index (χ3n) is 5.07. The molecular weight excluding hydrogens is 342 g/mol. The summed E-state index contributed by atoms with van der Waals surface area (Å²) in [6, 6.07) is 14.7. The number of aliphatic hydroxyl groups is 1. The van der Waals surface area contributed by atoms with E-state index in [0.29, 0.717) is 17.0 Å². The molecule has 0 fully saturated rings. The molecule has 0 saturated carbocycles. The van der Waals surface area contributed by atoms with Gasteiger partial charge in [0.25, 0.3) is 5.91 Å². The van der Waals surface area contributed by atoms with E-state index in [2.05, 4.69) is 29.3 Å². The number of fused-ring (bicyclic) bond motifs is 1. The van der Waals surface area contributed by atoms with Crippen molar-refractivity contribution in [2.75, 3.05) is 13.2 Å². The molecule has 2 heterocycles. The van der Waals surface area contributed by atoms with E-state index in [1.54, 1.807) is 23.1 Å². The standard InChI is InChI=1S/C21H21N3O3/c1-2-13-7-9-14(10-8-13)20-17-18(15-5-3-4-6-16(15)26)22-23-19(17)21(27)24(20)11-12-25/h3-10,20,25-26H,2,11-12H2,1H3,(H,22,23)/t20-/m0/s1. The molecule has 2 aromatic carbocycles. The maximum Gasteiger partial charge on any atom is 0.273 e. The van der Waals surface area contributed by atoms with Gasteiger partial charge in [-0.1, -0.05) is 43.3 Å². The summed E-state index contributed by atoms with van der Waals surface area (Å²) in [5.74, 6) is -0.0854. The van der Waals surface area contributed by atoms with Gasteiger partial charge in [-0.25, -0.2) is 0 Å². The molecule has 4 rings (SSSR count). The van der Waals surface area contributed by atoms with Crippen molar-refractivity contribution in [1.29, 1.82) is 0 Å². The summed E-state index contributed by atoms with van der Waals surface area (Å²) in [6.45, 7) is 2.19. The number of aromatic hydroxyl groups is 1. The number of aryl methyl sites for hydroxylation is 1. The molecule has 0 aliphatic carbocycles. The second-order valence-corrected chi connectivity index (χ2v) is 6.60. The molecule has 3 aromatic rings. The van der Waals surface area contributed by atoms with Gasteiger partial charge in [-0.3, -0.25) is 9.89 Å². The van der Waals surface area contributed by atoms with Gasteiger partial charge >= 0.3 is 0 Å². The lowest BCUT2D eigenvalue weighted by molar-refractivity contribution is 0.0706. The van der Waals surface area contributed by atoms with Gasteiger partial charge in [0, 0.05) is 17.7 Å². The van der Waals surface area contributed by atoms with E-state index in [0.717, 1.165) is 17.5 Å². The number of para-hydroxylation sites is 1. The molecule has 1 amide bonds. The van der Waals surface area contributed by atoms with Crippen LogP contribution in [0, 0.1) is 0 Å². The molecule has 138 valence electrons. The first kappa shape index (κ1) is 17.3. The average molecular weight is 363 g/mol. The predicted octanol–water partition coefficient (Wildman–Crippen LogP) is 2.88. The van der Waals surface area contributed by atoms with Gasteiger partial charge in [0.15, 0.2) is 0 Å². The van der Waals surface area contributed by atoms with E-state index in [1.807, 2.05) is 18.2 Å². The zero-order valence-electron chi connectivity index (χ0n) is 15.0. The molecule has 1 aromatic heterocycles. The Morgan fingerprint density at radius 2 is 1.89 bits per heavy atom. The molecule has 1 aliphatic heterocycles. The van der Waals surface area contributed by atoms with Gasteiger partial charge in [-0.05, 0) is 29.7 Å². The van der Waals surface area contributed by atoms with E-state index in [1.165, 1.54) is 5.56 Å². The summed E-state index contributed by atoms with van der Waals surface area (Å²) < 4.78 is 0. The minimum Gasteiger partial charge on any atom is -0.507 e. The summed E-state index contributed by atoms with van der Waals surface area (Å²) in [6.07, 6.45) is 0.935. The largest absolute Gasteiger partial charge is 0.507 e. The van der Waals surface area contributed by atoms with Crippen LogP contribution in [0.3, 0.4) is 0 Å². The molecular formula is C21H21N3O3. The summed E-state index contributed by atoms with van der Waals surface area (Å²) in [5.41, 5.74) is 4.44. The van der Waals surface area contributed by atoms with Gasteiger partial charge in [-0.15, -0.1) is 0 Å². The van der Waals surface area contributed by atoms with E-state index >= 15 is 0 Å². The number of amides is 1. The lowest BCUT2D eigenvalue weighted by atomic mass is 9.95. The van der Waals surface area contributed by atoms with Crippen molar-refractivity contribution in [3.05, 3.63) is 70.9 Å². The number of carbonyl (C=O) groups excluding carboxylic acids is 1. The van der Waals surface area contributed by atoms with E-state index in [9.17, 15) is 15.0 Å². The van der Waals surface area contributed by atoms with Crippen molar-refractivity contribution < 1.29 is 15.0 Å². The Labute approximate surface area is 157 Å². The number of nitrogens with one attached hydrogen (secondary N) is 1. The smallest absolute Gasteiger partial charge is 0.273 e. The second-order valence-electron chi connectivity index (χ2n) is 6.60. The van der Waals surface area contributed by atoms with E-state index in [-0.39, 0.29) is 30.9 Å². The van der Waals surface area contributed by atoms with Crippen LogP contribution in [-0.4, -0.2) is 44.4 Å². The van der Waals surface area contributed by atoms with Crippen molar-refractivity contribution >= 4 is 5.91 Å². The van der Waals surface area contributed by atoms with Crippen molar-refractivity contribution in [3.63, 3.8) is 0 Å². The Hall–Kier alpha value is -3.12. The zero-order valence-corrected chi connectivity index (χ0v) is 15.0. The van der Waals surface area contributed by atoms with Crippen LogP contribution >= 0.6 is 0 Å². The van der Waals surface area contributed by atoms with Gasteiger partial charge in [0.2, 0.25) is 0 Å². The fourth-order valence-corrected chi connectivity index (χ4v) is 3.70. The van der Waals surface area contributed by atoms with E-state index < -0.39 is 0 Å². The minimum atomic E-state index is -0.362. The van der Waals surface area contributed by atoms with Crippen LogP contribution in [0.4, 0.5) is 0 Å². The number of aromatic nitrogens is 2. The average Bonchev–Trinajstić information content (AvgIpc) is 3.23. The highest BCUT2D eigenvalue weighted by Gasteiger charge is 2.42. The number of rotatable bonds is 5. The monoisotopic (exact) mass is 363 g/mol. The van der Waals surface area contributed by atoms with Crippen LogP contribution in [0.15, 0.2) is 48.5 Å². The molecule has 0 unspecified atom stereocenters. The molecule has 1 atom stereocenters. The summed E-state index contributed by atoms with van der Waals surface area (Å²) >= 11 is 0. The lowest BCUT2D eigenvalue weighted by Crippen LogP contribution is -2.32. The van der Waals surface area contributed by atoms with Crippen molar-refractivity contribution in [2.24, 2.45) is 0 Å². The first-order valence-electron chi connectivity index (χ1n) is 9.03. The lowest BCUT2D eigenvalue weighted by Gasteiger charge is -2.25. The van der Waals surface area contributed by atoms with Crippen LogP contribution in [0.2, 0.25) is 0 Å². The topological polar surface area (TPSA) is 89.5 Å². The van der Waals surface area contributed by atoms with Crippen LogP contribution in [0.5, 0.6) is 5.75 Å². The highest BCUT2D eigenvalue weighted by molar-refractivity contribution is 6.00. The van der Waals surface area contributed by atoms with Crippen molar-refractivity contribution in [3.8, 4) is 17.0 Å². The molecule has 0 spiro atoms. The maximum atomic E-state index is 12.9. The van der Waals surface area contributed by atoms with Crippen molar-refractivity contribution in [2.45, 2.75) is 19.4 Å². The number of phenols is 1. The number of nitrogens with zero attached hydrogens (tertiary/aromatic N) is 2. The summed E-state index contributed by atoms with van der Waals surface area (Å²) in [4.78, 5) is 14.6. The Kier molecular flexibility index (Phi) is 4.41. The van der Waals surface area contributed by atoms with Crippen molar-refractivity contribution in [1.82, 2.24) is 15.1 Å². The molecule has 6 heteroatoms. The molecule has 1 aliphatic rings. The molecule has 3 N–H and O–H groups in total. The normalized spacial score (nSPS) is 16.0. The SMILES string of the molecule is CCc1ccc([C@H]2c3c(-c4ccccc4O)n[nH]c3C(=O)N2CCO)cc1. The Morgan fingerprint density at radius 3 is 2.56 bits per heavy atom. The number of aromatic amines is 1. The highest BCUT2D eigenvalue weighted by Crippen LogP contribution is 2.44. The Bertz CT molecular complexity index is 979. The van der Waals surface area contributed by atoms with Crippen LogP contribution in [0.1, 0.15) is 40.1 Å². The molecule has 0 saturated heterocycles. The fraction of sp³-hybridized carbons (Fsp3) is 0.238. The number of hydrogen-bond acceptors (Lipinski definition) is 4. The first-order valence-corrected chi connectivity index (χ1v) is 9.03. The summed E-state index contributed by atoms with van der Waals surface area (Å²) in [5, 5.41) is 26.9. The third-order valence-corrected chi connectivity index (χ3v) is 5.07. The van der Waals surface area contributed by atoms with Crippen LogP contribution in [0.25, 0.3) is 11.3 Å². The Balaban J connectivity index is 1.88. The Morgan fingerprint density at radius 1 is 1.15 bits per heavy atom. The number of benzene rings is 2. The van der Waals surface area contributed by atoms with Gasteiger partial charge in [0.1, 0.15) is 17.1 Å². The number of hydrogen-bond donors (Lipinski definition) is 3. The zero-order chi connectivity index (χ0) is 19.0. The van der Waals surface area contributed by atoms with Crippen LogP contribution < -0.4 is 0 Å². The number of phenolic OH excluding ortho intramolecular Hbond substituents is 1. The van der Waals surface area contributed by atoms with Crippen LogP contribution in [-0.2, 0) is 6.42 Å². The quantitative estimate of drug-likeness (QED) is 0.650. The third kappa shape index (κ3) is 2.78. The molecule has 27 heavy (non-hydrogen) atoms. The number of carbonyl (C=O) groups is 1. The summed E-state index contributed by atoms with van der Waals surface area (Å²) in [7, 11) is 0. The minimum absolute atomic E-state index is 0.111. The number of β-amino-alcohol motifs (C(OH)–C–C–N with tert-alkyl or cyclic N) is 1.